The Morgan fingerprint density at radius 2 is 1.27 bits per heavy atom. The summed E-state index contributed by atoms with van der Waals surface area (Å²) in [5.41, 5.74) is 19.5. The van der Waals surface area contributed by atoms with Gasteiger partial charge in [0.25, 0.3) is 5.69 Å². The topological polar surface area (TPSA) is 153 Å². The van der Waals surface area contributed by atoms with E-state index in [0.717, 1.165) is 134 Å². The van der Waals surface area contributed by atoms with Crippen molar-refractivity contribution in [1.82, 2.24) is 30.1 Å². The van der Waals surface area contributed by atoms with Crippen molar-refractivity contribution in [3.05, 3.63) is 207 Å². The zero-order valence-corrected chi connectivity index (χ0v) is 56.7. The van der Waals surface area contributed by atoms with Gasteiger partial charge < -0.3 is 24.6 Å². The maximum Gasteiger partial charge on any atom is 0.409 e. The zero-order valence-electron chi connectivity index (χ0n) is 48.1. The summed E-state index contributed by atoms with van der Waals surface area (Å²) >= 11 is 33.1. The number of carbonyl (C=O) groups excluding carboxylic acids is 2. The van der Waals surface area contributed by atoms with Gasteiger partial charge in [-0.05, 0) is 255 Å². The van der Waals surface area contributed by atoms with Crippen molar-refractivity contribution in [3.8, 4) is 0 Å². The van der Waals surface area contributed by atoms with Crippen molar-refractivity contribution in [2.45, 2.75) is 105 Å². The van der Waals surface area contributed by atoms with Gasteiger partial charge in [0.05, 0.1) is 40.3 Å². The number of aromatic nitrogens is 3. The molecule has 6 heterocycles. The zero-order chi connectivity index (χ0) is 60.9. The van der Waals surface area contributed by atoms with Crippen molar-refractivity contribution in [2.75, 3.05) is 52.5 Å². The maximum atomic E-state index is 12.1. The molecule has 13 nitrogen and oxygen atoms in total. The Labute approximate surface area is 547 Å². The van der Waals surface area contributed by atoms with Crippen LogP contribution in [-0.2, 0) is 35.2 Å². The number of nitro benzene ring substituents is 1. The van der Waals surface area contributed by atoms with E-state index in [9.17, 15) is 19.7 Å². The number of pyridine rings is 3. The standard InChI is InChI=1S/C23H25BrClN3O4.C22H22BrClN2O2.C20H21Br2ClN2/c1-3-5-17-12-18(24)14-26-22(17)21(16-6-7-19(25)20(13-16)28(30)31)15-8-10-27(11-9-15)23(29)32-4-2;1-2-28-22(27)26-9-7-14(8-10-26)20-19-6-5-18(24)12-15(19)3-4-16-11-17(23)13-25-21(16)20;1-3-17(23)19(22)16-5-4-14-10-15(21)11-25-20(14)18(12(16)2)13-6-8-24-9-7-13/h6-7,12-14H,3-5,8-11H2,1-2H3;5-6,11-13H,2-4,7-10H2,1H3;3,10-11,24H,1,4-9H2,2H3/b;;19-17-. The van der Waals surface area contributed by atoms with Crippen LogP contribution in [0.1, 0.15) is 130 Å². The summed E-state index contributed by atoms with van der Waals surface area (Å²) in [7, 11) is 0. The lowest BCUT2D eigenvalue weighted by atomic mass is 9.88. The molecule has 448 valence electrons. The van der Waals surface area contributed by atoms with E-state index in [1.54, 1.807) is 41.1 Å². The first-order valence-electron chi connectivity index (χ1n) is 28.7. The number of nitro groups is 1. The van der Waals surface area contributed by atoms with E-state index in [-0.39, 0.29) is 22.9 Å². The number of nitrogens with one attached hydrogen (secondary N) is 1. The summed E-state index contributed by atoms with van der Waals surface area (Å²) in [6.07, 6.45) is 17.2. The third kappa shape index (κ3) is 16.4. The van der Waals surface area contributed by atoms with E-state index in [0.29, 0.717) is 62.8 Å². The highest BCUT2D eigenvalue weighted by Gasteiger charge is 2.30. The molecule has 3 saturated heterocycles. The second-order valence-electron chi connectivity index (χ2n) is 21.0. The first kappa shape index (κ1) is 66.0. The van der Waals surface area contributed by atoms with Crippen LogP contribution in [0.2, 0.25) is 10.0 Å². The molecule has 0 saturated carbocycles. The van der Waals surface area contributed by atoms with E-state index < -0.39 is 4.92 Å². The van der Waals surface area contributed by atoms with Gasteiger partial charge in [0, 0.05) is 90.5 Å². The number of rotatable bonds is 9. The summed E-state index contributed by atoms with van der Waals surface area (Å²) in [5.74, 6) is 0. The minimum atomic E-state index is -0.473. The van der Waals surface area contributed by atoms with E-state index >= 15 is 0 Å². The molecule has 2 amide bonds. The average molecular weight is 1470 g/mol. The molecule has 0 radical (unpaired) electrons. The van der Waals surface area contributed by atoms with Gasteiger partial charge in [-0.1, -0.05) is 83.6 Å². The van der Waals surface area contributed by atoms with E-state index in [1.807, 2.05) is 31.5 Å². The molecule has 20 heteroatoms. The predicted molar refractivity (Wildman–Crippen MR) is 357 cm³/mol. The molecule has 2 aromatic carbocycles. The van der Waals surface area contributed by atoms with Gasteiger partial charge in [0.1, 0.15) is 5.02 Å². The quantitative estimate of drug-likeness (QED) is 0.0857. The van der Waals surface area contributed by atoms with Crippen LogP contribution in [0.4, 0.5) is 15.3 Å². The lowest BCUT2D eigenvalue weighted by Crippen LogP contribution is -2.37. The molecule has 0 bridgehead atoms. The van der Waals surface area contributed by atoms with Gasteiger partial charge in [0.2, 0.25) is 0 Å². The van der Waals surface area contributed by atoms with Crippen molar-refractivity contribution in [1.29, 1.82) is 0 Å². The molecule has 3 aliphatic heterocycles. The fourth-order valence-electron chi connectivity index (χ4n) is 11.6. The SMILES string of the molecule is C=C/C(Cl)=C(/Br)C1=C(C)C(=C2CCNCC2)c2ncc(Br)cc2CC1.CCCc1cc(Br)cnc1C(=C1CCN(C(=O)OCC)CC1)c1ccc(Cl)c([N+](=O)[O-])c1.CCOC(=O)N1CCC(=C2c3ccc(Cl)cc3CCc3cc(Br)cnc32)CC1. The fraction of sp³-hybridized carbons (Fsp3) is 0.369. The molecule has 3 aromatic heterocycles. The highest BCUT2D eigenvalue weighted by atomic mass is 79.9. The summed E-state index contributed by atoms with van der Waals surface area (Å²) in [4.78, 5) is 53.0. The molecule has 10 rings (SSSR count). The molecular formula is C65H68Br4Cl3N7O6. The van der Waals surface area contributed by atoms with Crippen LogP contribution in [-0.4, -0.2) is 94.3 Å². The number of hydrogen-bond acceptors (Lipinski definition) is 10. The number of aryl methyl sites for hydroxylation is 4. The molecule has 2 aliphatic carbocycles. The van der Waals surface area contributed by atoms with Gasteiger partial charge in [-0.3, -0.25) is 25.1 Å². The number of nitrogens with zero attached hydrogens (tertiary/aromatic N) is 6. The van der Waals surface area contributed by atoms with Gasteiger partial charge in [-0.15, -0.1) is 0 Å². The number of carbonyl (C=O) groups is 2. The van der Waals surface area contributed by atoms with Crippen LogP contribution >= 0.6 is 98.5 Å². The lowest BCUT2D eigenvalue weighted by molar-refractivity contribution is -0.384. The van der Waals surface area contributed by atoms with Crippen molar-refractivity contribution < 1.29 is 24.0 Å². The maximum absolute atomic E-state index is 12.1. The van der Waals surface area contributed by atoms with E-state index in [1.165, 1.54) is 61.8 Å². The Bertz CT molecular complexity index is 3460. The number of ether oxygens (including phenoxy) is 2. The number of likely N-dealkylation sites (tertiary alicyclic amines) is 2. The smallest absolute Gasteiger partial charge is 0.409 e. The van der Waals surface area contributed by atoms with E-state index in [2.05, 4.69) is 114 Å². The van der Waals surface area contributed by atoms with Crippen molar-refractivity contribution >= 4 is 133 Å². The van der Waals surface area contributed by atoms with Crippen molar-refractivity contribution in [3.63, 3.8) is 0 Å². The summed E-state index contributed by atoms with van der Waals surface area (Å²) in [6.45, 7) is 16.9. The monoisotopic (exact) mass is 1460 g/mol. The highest BCUT2D eigenvalue weighted by molar-refractivity contribution is 9.12. The molecule has 3 fully saturated rings. The van der Waals surface area contributed by atoms with Crippen LogP contribution < -0.4 is 5.32 Å². The Balaban J connectivity index is 0.000000167. The fourth-order valence-corrected chi connectivity index (χ4v) is 13.9. The predicted octanol–water partition coefficient (Wildman–Crippen LogP) is 18.3. The second-order valence-corrected chi connectivity index (χ2v) is 25.8. The number of fused-ring (bicyclic) bond motifs is 3. The number of hydrogen-bond donors (Lipinski definition) is 1. The first-order valence-corrected chi connectivity index (χ1v) is 33.0. The van der Waals surface area contributed by atoms with Crippen LogP contribution in [0.15, 0.2) is 137 Å². The van der Waals surface area contributed by atoms with Gasteiger partial charge >= 0.3 is 12.2 Å². The molecule has 5 aliphatic rings. The molecule has 5 aromatic rings. The number of allylic oxidation sites excluding steroid dienone is 6. The molecule has 85 heavy (non-hydrogen) atoms. The van der Waals surface area contributed by atoms with Crippen LogP contribution in [0, 0.1) is 10.1 Å². The van der Waals surface area contributed by atoms with Gasteiger partial charge in [-0.25, -0.2) is 9.59 Å². The van der Waals surface area contributed by atoms with E-state index in [4.69, 9.17) is 59.2 Å². The normalized spacial score (nSPS) is 16.2. The lowest BCUT2D eigenvalue weighted by Gasteiger charge is -2.29. The van der Waals surface area contributed by atoms with Gasteiger partial charge in [0.15, 0.2) is 0 Å². The molecule has 0 atom stereocenters. The minimum Gasteiger partial charge on any atom is -0.450 e. The number of halogens is 7. The molecular weight excluding hydrogens is 1400 g/mol. The summed E-state index contributed by atoms with van der Waals surface area (Å²) in [6, 6.07) is 17.4. The number of amides is 2. The number of piperidine rings is 3. The number of benzene rings is 2. The Kier molecular flexibility index (Phi) is 24.3. The Morgan fingerprint density at radius 3 is 1.86 bits per heavy atom. The van der Waals surface area contributed by atoms with Crippen LogP contribution in [0.25, 0.3) is 16.7 Å². The Hall–Kier alpha value is -4.98. The molecule has 0 unspecified atom stereocenters. The molecule has 0 spiro atoms. The largest absolute Gasteiger partial charge is 0.450 e. The molecule has 1 N–H and O–H groups in total. The highest BCUT2D eigenvalue weighted by Crippen LogP contribution is 2.44. The summed E-state index contributed by atoms with van der Waals surface area (Å²) in [5, 5.41) is 16.5. The van der Waals surface area contributed by atoms with Crippen LogP contribution in [0.5, 0.6) is 0 Å². The third-order valence-electron chi connectivity index (χ3n) is 15.6. The first-order chi connectivity index (χ1) is 40.9. The van der Waals surface area contributed by atoms with Crippen LogP contribution in [0.3, 0.4) is 0 Å². The third-order valence-corrected chi connectivity index (χ3v) is 19.0. The minimum absolute atomic E-state index is 0.0952. The second kappa shape index (κ2) is 31.3. The van der Waals surface area contributed by atoms with Crippen molar-refractivity contribution in [2.24, 2.45) is 0 Å². The average Bonchev–Trinajstić information content (AvgIpc) is 3.59. The Morgan fingerprint density at radius 1 is 0.718 bits per heavy atom. The summed E-state index contributed by atoms with van der Waals surface area (Å²) < 4.78 is 14.1. The van der Waals surface area contributed by atoms with Gasteiger partial charge in [-0.2, -0.15) is 0 Å².